The topological polar surface area (TPSA) is 41.5 Å². The highest BCUT2D eigenvalue weighted by Crippen LogP contribution is 2.16. The average molecular weight is 220 g/mol. The summed E-state index contributed by atoms with van der Waals surface area (Å²) >= 11 is 1.72. The molecule has 4 heteroatoms. The number of amidine groups is 1. The number of Topliss-reactive ketones (excluding diaryl/α,β-unsaturated/α-hetero) is 1. The van der Waals surface area contributed by atoms with Gasteiger partial charge in [-0.1, -0.05) is 11.8 Å². The fourth-order valence-electron chi connectivity index (χ4n) is 1.32. The molecule has 0 aromatic heterocycles. The highest BCUT2D eigenvalue weighted by Gasteiger charge is 2.06. The van der Waals surface area contributed by atoms with E-state index in [1.807, 2.05) is 24.3 Å². The zero-order valence-electron chi connectivity index (χ0n) is 8.49. The summed E-state index contributed by atoms with van der Waals surface area (Å²) in [4.78, 5) is 15.3. The molecule has 0 spiro atoms. The van der Waals surface area contributed by atoms with Crippen LogP contribution in [0.2, 0.25) is 0 Å². The SMILES string of the molecule is CC(=O)c1ccc(NC2=NCCS2)cc1. The molecular formula is C11H12N2OS. The molecule has 1 N–H and O–H groups in total. The van der Waals surface area contributed by atoms with Crippen LogP contribution in [0.1, 0.15) is 17.3 Å². The molecule has 1 aromatic rings. The van der Waals surface area contributed by atoms with Gasteiger partial charge in [0.2, 0.25) is 0 Å². The van der Waals surface area contributed by atoms with Gasteiger partial charge in [0.15, 0.2) is 11.0 Å². The Labute approximate surface area is 93.0 Å². The van der Waals surface area contributed by atoms with E-state index < -0.39 is 0 Å². The Hall–Kier alpha value is -1.29. The Morgan fingerprint density at radius 1 is 1.40 bits per heavy atom. The summed E-state index contributed by atoms with van der Waals surface area (Å²) in [6, 6.07) is 7.45. The van der Waals surface area contributed by atoms with Crippen LogP contribution in [0.3, 0.4) is 0 Å². The first kappa shape index (κ1) is 10.2. The Bertz CT molecular complexity index is 398. The molecule has 2 rings (SSSR count). The molecule has 0 atom stereocenters. The molecule has 1 aliphatic heterocycles. The van der Waals surface area contributed by atoms with Gasteiger partial charge >= 0.3 is 0 Å². The van der Waals surface area contributed by atoms with E-state index >= 15 is 0 Å². The minimum atomic E-state index is 0.0918. The van der Waals surface area contributed by atoms with Gasteiger partial charge in [-0.3, -0.25) is 9.79 Å². The first-order valence-electron chi connectivity index (χ1n) is 4.81. The van der Waals surface area contributed by atoms with Gasteiger partial charge < -0.3 is 5.32 Å². The van der Waals surface area contributed by atoms with Crippen molar-refractivity contribution in [2.45, 2.75) is 6.92 Å². The number of hydrogen-bond donors (Lipinski definition) is 1. The zero-order valence-corrected chi connectivity index (χ0v) is 9.30. The minimum absolute atomic E-state index is 0.0918. The smallest absolute Gasteiger partial charge is 0.161 e. The maximum atomic E-state index is 11.1. The summed E-state index contributed by atoms with van der Waals surface area (Å²) in [5, 5.41) is 4.17. The number of carbonyl (C=O) groups excluding carboxylic acids is 1. The predicted octanol–water partition coefficient (Wildman–Crippen LogP) is 2.40. The van der Waals surface area contributed by atoms with Crippen LogP contribution in [-0.2, 0) is 0 Å². The van der Waals surface area contributed by atoms with E-state index in [9.17, 15) is 4.79 Å². The molecule has 0 unspecified atom stereocenters. The standard InChI is InChI=1S/C11H12N2OS/c1-8(14)9-2-4-10(5-3-9)13-11-12-6-7-15-11/h2-5H,6-7H2,1H3,(H,12,13). The van der Waals surface area contributed by atoms with E-state index in [1.54, 1.807) is 18.7 Å². The molecule has 1 heterocycles. The molecule has 1 aromatic carbocycles. The number of anilines is 1. The minimum Gasteiger partial charge on any atom is -0.335 e. The van der Waals surface area contributed by atoms with Crippen LogP contribution in [0.15, 0.2) is 29.3 Å². The van der Waals surface area contributed by atoms with Gasteiger partial charge in [-0.25, -0.2) is 0 Å². The molecule has 0 amide bonds. The summed E-state index contributed by atoms with van der Waals surface area (Å²) in [7, 11) is 0. The third-order valence-corrected chi connectivity index (χ3v) is 3.02. The summed E-state index contributed by atoms with van der Waals surface area (Å²) in [5.74, 6) is 1.14. The van der Waals surface area contributed by atoms with Crippen molar-refractivity contribution in [3.63, 3.8) is 0 Å². The molecule has 78 valence electrons. The zero-order chi connectivity index (χ0) is 10.7. The van der Waals surface area contributed by atoms with Gasteiger partial charge in [-0.15, -0.1) is 0 Å². The molecule has 0 radical (unpaired) electrons. The maximum Gasteiger partial charge on any atom is 0.161 e. The first-order chi connectivity index (χ1) is 7.25. The van der Waals surface area contributed by atoms with Crippen LogP contribution in [0, 0.1) is 0 Å². The Morgan fingerprint density at radius 3 is 2.67 bits per heavy atom. The second-order valence-corrected chi connectivity index (χ2v) is 4.38. The number of aliphatic imine (C=N–C) groups is 1. The van der Waals surface area contributed by atoms with Crippen molar-refractivity contribution in [2.75, 3.05) is 17.6 Å². The van der Waals surface area contributed by atoms with Gasteiger partial charge in [0, 0.05) is 17.0 Å². The molecular weight excluding hydrogens is 208 g/mol. The number of hydrogen-bond acceptors (Lipinski definition) is 4. The predicted molar refractivity (Wildman–Crippen MR) is 64.8 cm³/mol. The van der Waals surface area contributed by atoms with Crippen molar-refractivity contribution >= 4 is 28.4 Å². The van der Waals surface area contributed by atoms with Gasteiger partial charge in [-0.2, -0.15) is 0 Å². The number of rotatable bonds is 2. The third-order valence-electron chi connectivity index (χ3n) is 2.13. The number of carbonyl (C=O) groups is 1. The number of ketones is 1. The van der Waals surface area contributed by atoms with Crippen molar-refractivity contribution in [1.82, 2.24) is 0 Å². The monoisotopic (exact) mass is 220 g/mol. The Balaban J connectivity index is 2.06. The summed E-state index contributed by atoms with van der Waals surface area (Å²) < 4.78 is 0. The third kappa shape index (κ3) is 2.59. The van der Waals surface area contributed by atoms with E-state index in [0.717, 1.165) is 28.7 Å². The Morgan fingerprint density at radius 2 is 2.13 bits per heavy atom. The lowest BCUT2D eigenvalue weighted by Gasteiger charge is -2.04. The van der Waals surface area contributed by atoms with Gasteiger partial charge in [0.25, 0.3) is 0 Å². The number of benzene rings is 1. The van der Waals surface area contributed by atoms with Gasteiger partial charge in [0.1, 0.15) is 0 Å². The van der Waals surface area contributed by atoms with Crippen molar-refractivity contribution in [1.29, 1.82) is 0 Å². The molecule has 0 saturated heterocycles. The van der Waals surface area contributed by atoms with Gasteiger partial charge in [-0.05, 0) is 31.2 Å². The van der Waals surface area contributed by atoms with E-state index in [4.69, 9.17) is 0 Å². The van der Waals surface area contributed by atoms with E-state index in [-0.39, 0.29) is 5.78 Å². The van der Waals surface area contributed by atoms with E-state index in [2.05, 4.69) is 10.3 Å². The summed E-state index contributed by atoms with van der Waals surface area (Å²) in [6.07, 6.45) is 0. The number of nitrogens with zero attached hydrogens (tertiary/aromatic N) is 1. The van der Waals surface area contributed by atoms with E-state index in [0.29, 0.717) is 0 Å². The van der Waals surface area contributed by atoms with Crippen molar-refractivity contribution in [3.8, 4) is 0 Å². The second-order valence-electron chi connectivity index (χ2n) is 3.29. The fraction of sp³-hybridized carbons (Fsp3) is 0.273. The van der Waals surface area contributed by atoms with Crippen LogP contribution in [0.5, 0.6) is 0 Å². The molecule has 3 nitrogen and oxygen atoms in total. The average Bonchev–Trinajstić information content (AvgIpc) is 2.71. The number of nitrogens with one attached hydrogen (secondary N) is 1. The molecule has 15 heavy (non-hydrogen) atoms. The lowest BCUT2D eigenvalue weighted by atomic mass is 10.1. The molecule has 1 aliphatic rings. The summed E-state index contributed by atoms with van der Waals surface area (Å²) in [6.45, 7) is 2.46. The number of thioether (sulfide) groups is 1. The van der Waals surface area contributed by atoms with Crippen molar-refractivity contribution < 1.29 is 4.79 Å². The molecule has 0 saturated carbocycles. The lowest BCUT2D eigenvalue weighted by molar-refractivity contribution is 0.101. The Kier molecular flexibility index (Phi) is 3.06. The molecule has 0 fully saturated rings. The van der Waals surface area contributed by atoms with Crippen LogP contribution in [0.4, 0.5) is 5.69 Å². The summed E-state index contributed by atoms with van der Waals surface area (Å²) in [5.41, 5.74) is 1.72. The van der Waals surface area contributed by atoms with Crippen molar-refractivity contribution in [3.05, 3.63) is 29.8 Å². The molecule has 0 bridgehead atoms. The quantitative estimate of drug-likeness (QED) is 0.778. The van der Waals surface area contributed by atoms with Crippen LogP contribution < -0.4 is 5.32 Å². The van der Waals surface area contributed by atoms with Crippen LogP contribution >= 0.6 is 11.8 Å². The molecule has 0 aliphatic carbocycles. The normalized spacial score (nSPS) is 14.9. The first-order valence-corrected chi connectivity index (χ1v) is 5.79. The van der Waals surface area contributed by atoms with Gasteiger partial charge in [0.05, 0.1) is 6.54 Å². The lowest BCUT2D eigenvalue weighted by Crippen LogP contribution is -2.04. The second kappa shape index (κ2) is 4.49. The largest absolute Gasteiger partial charge is 0.335 e. The van der Waals surface area contributed by atoms with E-state index in [1.165, 1.54) is 0 Å². The maximum absolute atomic E-state index is 11.1. The van der Waals surface area contributed by atoms with Crippen LogP contribution in [-0.4, -0.2) is 23.2 Å². The highest BCUT2D eigenvalue weighted by atomic mass is 32.2. The van der Waals surface area contributed by atoms with Crippen molar-refractivity contribution in [2.24, 2.45) is 4.99 Å². The fourth-order valence-corrected chi connectivity index (χ4v) is 2.07. The highest BCUT2D eigenvalue weighted by molar-refractivity contribution is 8.14. The van der Waals surface area contributed by atoms with Crippen LogP contribution in [0.25, 0.3) is 0 Å².